The number of carboxylic acid groups (broad SMARTS) is 2. The number of allylic oxidation sites excluding steroid dienone is 3. The van der Waals surface area contributed by atoms with Crippen LogP contribution in [0.15, 0.2) is 48.1 Å². The maximum Gasteiger partial charge on any atom is 0.333 e. The molecule has 2 N–H and O–H groups in total. The average molecular weight is 425 g/mol. The Hall–Kier alpha value is -2.67. The minimum Gasteiger partial charge on any atom is -0.481 e. The summed E-state index contributed by atoms with van der Waals surface area (Å²) in [6.45, 7) is 19.5. The van der Waals surface area contributed by atoms with Gasteiger partial charge in [0.15, 0.2) is 0 Å². The van der Waals surface area contributed by atoms with Crippen molar-refractivity contribution in [3.63, 3.8) is 0 Å². The third-order valence-corrected chi connectivity index (χ3v) is 3.41. The van der Waals surface area contributed by atoms with E-state index in [0.717, 1.165) is 0 Å². The van der Waals surface area contributed by atoms with E-state index in [1.807, 2.05) is 0 Å². The summed E-state index contributed by atoms with van der Waals surface area (Å²) in [7, 11) is 0. The van der Waals surface area contributed by atoms with Crippen LogP contribution in [-0.4, -0.2) is 47.4 Å². The van der Waals surface area contributed by atoms with Gasteiger partial charge in [-0.3, -0.25) is 4.79 Å². The van der Waals surface area contributed by atoms with Crippen LogP contribution in [0.4, 0.5) is 0 Å². The van der Waals surface area contributed by atoms with Gasteiger partial charge in [-0.05, 0) is 26.7 Å². The van der Waals surface area contributed by atoms with Crippen LogP contribution in [0.5, 0.6) is 0 Å². The quantitative estimate of drug-likeness (QED) is 0.214. The predicted molar refractivity (Wildman–Crippen MR) is 117 cm³/mol. The van der Waals surface area contributed by atoms with E-state index in [1.54, 1.807) is 12.5 Å². The molecule has 0 aromatic carbocycles. The zero-order chi connectivity index (χ0) is 23.7. The number of esters is 1. The van der Waals surface area contributed by atoms with Gasteiger partial charge in [0.2, 0.25) is 0 Å². The molecule has 1 aliphatic rings. The molecule has 0 spiro atoms. The molecule has 7 heteroatoms. The highest BCUT2D eigenvalue weighted by molar-refractivity contribution is 5.91. The third kappa shape index (κ3) is 20.1. The molecule has 1 unspecified atom stereocenters. The lowest BCUT2D eigenvalue weighted by atomic mass is 10.0. The summed E-state index contributed by atoms with van der Waals surface area (Å²) in [5.74, 6) is -2.78. The number of rotatable bonds is 11. The van der Waals surface area contributed by atoms with E-state index in [-0.39, 0.29) is 17.6 Å². The highest BCUT2D eigenvalue weighted by Gasteiger charge is 2.24. The Balaban J connectivity index is 0. The Morgan fingerprint density at radius 3 is 1.83 bits per heavy atom. The van der Waals surface area contributed by atoms with E-state index in [0.29, 0.717) is 18.8 Å². The Morgan fingerprint density at radius 2 is 1.57 bits per heavy atom. The molecule has 1 aliphatic heterocycles. The maximum atomic E-state index is 10.7. The van der Waals surface area contributed by atoms with Crippen molar-refractivity contribution in [1.29, 1.82) is 0 Å². The summed E-state index contributed by atoms with van der Waals surface area (Å²) in [5, 5.41) is 16.1. The molecule has 0 bridgehead atoms. The Bertz CT molecular complexity index is 632. The molecule has 0 saturated carbocycles. The zero-order valence-corrected chi connectivity index (χ0v) is 18.7. The molecule has 0 aromatic rings. The smallest absolute Gasteiger partial charge is 0.333 e. The van der Waals surface area contributed by atoms with Crippen LogP contribution in [-0.2, 0) is 23.9 Å². The highest BCUT2D eigenvalue weighted by atomic mass is 16.6. The maximum absolute atomic E-state index is 10.7. The van der Waals surface area contributed by atoms with Gasteiger partial charge in [0.25, 0.3) is 0 Å². The molecular formula is C23H36O7. The first-order valence-corrected chi connectivity index (χ1v) is 9.86. The SMILES string of the molecule is C=C(C)C(=O)OCC1CO1.C=C(C)C=C(CCC)CCC.C=C(CC(=O)O)C(=O)O. The van der Waals surface area contributed by atoms with Crippen molar-refractivity contribution in [3.05, 3.63) is 48.1 Å². The molecule has 1 atom stereocenters. The van der Waals surface area contributed by atoms with Crippen LogP contribution < -0.4 is 0 Å². The van der Waals surface area contributed by atoms with Crippen molar-refractivity contribution in [2.75, 3.05) is 13.2 Å². The first kappa shape index (κ1) is 29.5. The van der Waals surface area contributed by atoms with E-state index >= 15 is 0 Å². The summed E-state index contributed by atoms with van der Waals surface area (Å²) in [5.41, 5.74) is 2.87. The molecule has 0 aliphatic carbocycles. The van der Waals surface area contributed by atoms with Crippen LogP contribution in [0.1, 0.15) is 59.8 Å². The minimum absolute atomic E-state index is 0.142. The number of carbonyl (C=O) groups is 3. The topological polar surface area (TPSA) is 113 Å². The lowest BCUT2D eigenvalue weighted by Crippen LogP contribution is -2.09. The van der Waals surface area contributed by atoms with E-state index in [9.17, 15) is 14.4 Å². The van der Waals surface area contributed by atoms with Crippen molar-refractivity contribution < 1.29 is 34.1 Å². The lowest BCUT2D eigenvalue weighted by molar-refractivity contribution is -0.139. The average Bonchev–Trinajstić information content (AvgIpc) is 3.44. The van der Waals surface area contributed by atoms with E-state index < -0.39 is 18.4 Å². The molecule has 1 heterocycles. The Morgan fingerprint density at radius 1 is 1.07 bits per heavy atom. The molecule has 0 amide bonds. The molecule has 0 radical (unpaired) electrons. The number of epoxide rings is 1. The van der Waals surface area contributed by atoms with Crippen LogP contribution in [0.3, 0.4) is 0 Å². The van der Waals surface area contributed by atoms with Crippen molar-refractivity contribution in [2.24, 2.45) is 0 Å². The monoisotopic (exact) mass is 424 g/mol. The van der Waals surface area contributed by atoms with Crippen LogP contribution >= 0.6 is 0 Å². The van der Waals surface area contributed by atoms with Gasteiger partial charge in [-0.25, -0.2) is 9.59 Å². The Kier molecular flexibility index (Phi) is 16.9. The highest BCUT2D eigenvalue weighted by Crippen LogP contribution is 2.13. The first-order valence-electron chi connectivity index (χ1n) is 9.86. The fourth-order valence-corrected chi connectivity index (χ4v) is 1.97. The largest absolute Gasteiger partial charge is 0.481 e. The van der Waals surface area contributed by atoms with E-state index in [2.05, 4.69) is 46.6 Å². The van der Waals surface area contributed by atoms with Crippen LogP contribution in [0, 0.1) is 0 Å². The summed E-state index contributed by atoms with van der Waals surface area (Å²) in [6, 6.07) is 0. The van der Waals surface area contributed by atoms with Crippen molar-refractivity contribution >= 4 is 17.9 Å². The van der Waals surface area contributed by atoms with E-state index in [1.165, 1.54) is 31.3 Å². The normalized spacial score (nSPS) is 13.3. The van der Waals surface area contributed by atoms with Gasteiger partial charge in [-0.15, -0.1) is 0 Å². The second-order valence-corrected chi connectivity index (χ2v) is 6.96. The molecule has 7 nitrogen and oxygen atoms in total. The number of hydrogen-bond acceptors (Lipinski definition) is 5. The fraction of sp³-hybridized carbons (Fsp3) is 0.522. The summed E-state index contributed by atoms with van der Waals surface area (Å²) in [6.07, 6.45) is 6.84. The second-order valence-electron chi connectivity index (χ2n) is 6.96. The van der Waals surface area contributed by atoms with Crippen LogP contribution in [0.25, 0.3) is 0 Å². The Labute approximate surface area is 179 Å². The molecule has 30 heavy (non-hydrogen) atoms. The first-order chi connectivity index (χ1) is 13.9. The number of ether oxygens (including phenoxy) is 2. The van der Waals surface area contributed by atoms with Gasteiger partial charge in [-0.2, -0.15) is 0 Å². The molecule has 1 fully saturated rings. The number of carboxylic acids is 2. The number of aliphatic carboxylic acids is 2. The molecular weight excluding hydrogens is 388 g/mol. The predicted octanol–water partition coefficient (Wildman–Crippen LogP) is 4.70. The minimum atomic E-state index is -1.27. The van der Waals surface area contributed by atoms with Gasteiger partial charge in [0.1, 0.15) is 12.7 Å². The molecule has 170 valence electrons. The molecule has 1 saturated heterocycles. The second kappa shape index (κ2) is 17.2. The standard InChI is InChI=1S/C11H20.C7H10O3.C5H6O4/c1-5-7-11(8-6-2)9-10(3)4;1-5(2)7(8)10-4-6-3-9-6;1-3(5(8)9)2-4(6)7/h9H,3,5-8H2,1-2,4H3;6H,1,3-4H2,2H3;1-2H2,(H,6,7)(H,8,9). The van der Waals surface area contributed by atoms with Gasteiger partial charge in [0, 0.05) is 11.1 Å². The summed E-state index contributed by atoms with van der Waals surface area (Å²) < 4.78 is 9.60. The number of hydrogen-bond donors (Lipinski definition) is 2. The fourth-order valence-electron chi connectivity index (χ4n) is 1.97. The number of carbonyl (C=O) groups excluding carboxylic acids is 1. The zero-order valence-electron chi connectivity index (χ0n) is 18.7. The van der Waals surface area contributed by atoms with Gasteiger partial charge < -0.3 is 19.7 Å². The van der Waals surface area contributed by atoms with Crippen molar-refractivity contribution in [3.8, 4) is 0 Å². The molecule has 1 rings (SSSR count). The van der Waals surface area contributed by atoms with Gasteiger partial charge in [-0.1, -0.05) is 63.6 Å². The molecule has 0 aromatic heterocycles. The van der Waals surface area contributed by atoms with Crippen LogP contribution in [0.2, 0.25) is 0 Å². The van der Waals surface area contributed by atoms with Crippen molar-refractivity contribution in [2.45, 2.75) is 65.9 Å². The van der Waals surface area contributed by atoms with Gasteiger partial charge in [0.05, 0.1) is 13.0 Å². The lowest BCUT2D eigenvalue weighted by Gasteiger charge is -2.03. The summed E-state index contributed by atoms with van der Waals surface area (Å²) >= 11 is 0. The van der Waals surface area contributed by atoms with E-state index in [4.69, 9.17) is 19.7 Å². The van der Waals surface area contributed by atoms with Crippen molar-refractivity contribution in [1.82, 2.24) is 0 Å². The summed E-state index contributed by atoms with van der Waals surface area (Å²) in [4.78, 5) is 30.4. The van der Waals surface area contributed by atoms with Gasteiger partial charge >= 0.3 is 17.9 Å². The third-order valence-electron chi connectivity index (χ3n) is 3.41.